The second kappa shape index (κ2) is 8.93. The van der Waals surface area contributed by atoms with Gasteiger partial charge in [0.2, 0.25) is 5.91 Å². The summed E-state index contributed by atoms with van der Waals surface area (Å²) in [7, 11) is 0. The van der Waals surface area contributed by atoms with Gasteiger partial charge in [0.15, 0.2) is 0 Å². The third kappa shape index (κ3) is 3.95. The van der Waals surface area contributed by atoms with Crippen LogP contribution in [-0.2, 0) is 14.4 Å². The number of amides is 5. The maximum Gasteiger partial charge on any atom is 0.334 e. The van der Waals surface area contributed by atoms with Crippen LogP contribution in [0.15, 0.2) is 59.5 Å². The van der Waals surface area contributed by atoms with Crippen LogP contribution in [0.2, 0.25) is 0 Å². The van der Waals surface area contributed by atoms with Gasteiger partial charge < -0.3 is 4.90 Å². The van der Waals surface area contributed by atoms with Crippen LogP contribution in [0.3, 0.4) is 0 Å². The van der Waals surface area contributed by atoms with E-state index >= 15 is 0 Å². The minimum absolute atomic E-state index is 0.181. The van der Waals surface area contributed by atoms with Gasteiger partial charge in [0.05, 0.1) is 11.7 Å². The van der Waals surface area contributed by atoms with E-state index in [0.717, 1.165) is 32.4 Å². The fourth-order valence-corrected chi connectivity index (χ4v) is 5.00. The molecule has 5 amide bonds. The molecule has 1 saturated heterocycles. The fraction of sp³-hybridized carbons (Fsp3) is 0.304. The summed E-state index contributed by atoms with van der Waals surface area (Å²) in [5, 5.41) is 0. The Morgan fingerprint density at radius 2 is 1.65 bits per heavy atom. The zero-order chi connectivity index (χ0) is 22.0. The average Bonchev–Trinajstić information content (AvgIpc) is 3.00. The van der Waals surface area contributed by atoms with Crippen LogP contribution in [0, 0.1) is 0 Å². The molecule has 2 aliphatic heterocycles. The highest BCUT2D eigenvalue weighted by Crippen LogP contribution is 2.43. The van der Waals surface area contributed by atoms with Crippen molar-refractivity contribution in [1.82, 2.24) is 9.80 Å². The summed E-state index contributed by atoms with van der Waals surface area (Å²) in [6.45, 7) is 1.65. The molecule has 0 bridgehead atoms. The molecular weight excluding hydrogens is 414 g/mol. The topological polar surface area (TPSA) is 78.0 Å². The Bertz CT molecular complexity index is 1030. The van der Waals surface area contributed by atoms with E-state index in [4.69, 9.17) is 0 Å². The maximum atomic E-state index is 13.5. The lowest BCUT2D eigenvalue weighted by Crippen LogP contribution is -2.46. The summed E-state index contributed by atoms with van der Waals surface area (Å²) in [6.07, 6.45) is 1.39. The third-order valence-corrected chi connectivity index (χ3v) is 6.59. The second-order valence-corrected chi connectivity index (χ2v) is 8.52. The summed E-state index contributed by atoms with van der Waals surface area (Å²) in [5.74, 6) is -1.55. The van der Waals surface area contributed by atoms with Crippen LogP contribution < -0.4 is 4.90 Å². The quantitative estimate of drug-likeness (QED) is 0.511. The van der Waals surface area contributed by atoms with Crippen molar-refractivity contribution in [3.05, 3.63) is 60.2 Å². The van der Waals surface area contributed by atoms with Crippen molar-refractivity contribution in [3.8, 4) is 0 Å². The Kier molecular flexibility index (Phi) is 6.08. The normalized spacial score (nSPS) is 18.5. The molecule has 2 heterocycles. The maximum absolute atomic E-state index is 13.5. The molecule has 2 aromatic carbocycles. The number of unbranched alkanes of at least 4 members (excludes halogenated alkanes) is 1. The minimum Gasteiger partial charge on any atom is -0.301 e. The average molecular weight is 438 g/mol. The van der Waals surface area contributed by atoms with Crippen molar-refractivity contribution in [1.29, 1.82) is 0 Å². The van der Waals surface area contributed by atoms with E-state index in [-0.39, 0.29) is 12.6 Å². The number of urea groups is 1. The van der Waals surface area contributed by atoms with E-state index in [2.05, 4.69) is 0 Å². The van der Waals surface area contributed by atoms with Gasteiger partial charge in [0, 0.05) is 17.2 Å². The van der Waals surface area contributed by atoms with Gasteiger partial charge in [-0.1, -0.05) is 55.8 Å². The number of rotatable bonds is 6. The summed E-state index contributed by atoms with van der Waals surface area (Å²) in [6, 6.07) is 16.3. The van der Waals surface area contributed by atoms with Crippen molar-refractivity contribution < 1.29 is 19.2 Å². The highest BCUT2D eigenvalue weighted by atomic mass is 32.2. The zero-order valence-corrected chi connectivity index (χ0v) is 18.0. The largest absolute Gasteiger partial charge is 0.334 e. The van der Waals surface area contributed by atoms with Gasteiger partial charge in [-0.2, -0.15) is 0 Å². The first kappa shape index (κ1) is 21.1. The van der Waals surface area contributed by atoms with Crippen LogP contribution in [0.25, 0.3) is 0 Å². The number of para-hydroxylation sites is 1. The number of imide groups is 2. The Morgan fingerprint density at radius 1 is 0.968 bits per heavy atom. The first-order valence-corrected chi connectivity index (χ1v) is 11.3. The fourth-order valence-electron chi connectivity index (χ4n) is 3.83. The Balaban J connectivity index is 1.63. The number of carbonyl (C=O) groups is 4. The van der Waals surface area contributed by atoms with E-state index in [1.54, 1.807) is 16.7 Å². The predicted octanol–water partition coefficient (Wildman–Crippen LogP) is 3.46. The van der Waals surface area contributed by atoms with Gasteiger partial charge in [-0.25, -0.2) is 9.69 Å². The van der Waals surface area contributed by atoms with E-state index in [1.165, 1.54) is 0 Å². The molecule has 0 spiro atoms. The van der Waals surface area contributed by atoms with Gasteiger partial charge >= 0.3 is 17.8 Å². The number of carbonyl (C=O) groups excluding carboxylic acids is 4. The number of hydrogen-bond donors (Lipinski definition) is 0. The number of benzene rings is 2. The molecular formula is C23H23N3O4S. The van der Waals surface area contributed by atoms with Crippen molar-refractivity contribution in [2.45, 2.75) is 30.7 Å². The van der Waals surface area contributed by atoms with Crippen LogP contribution in [0.5, 0.6) is 0 Å². The first-order valence-electron chi connectivity index (χ1n) is 10.3. The van der Waals surface area contributed by atoms with Crippen molar-refractivity contribution in [3.63, 3.8) is 0 Å². The van der Waals surface area contributed by atoms with Gasteiger partial charge in [0.1, 0.15) is 6.54 Å². The zero-order valence-electron chi connectivity index (χ0n) is 17.2. The molecule has 31 heavy (non-hydrogen) atoms. The molecule has 0 aromatic heterocycles. The Morgan fingerprint density at radius 3 is 2.39 bits per heavy atom. The lowest BCUT2D eigenvalue weighted by atomic mass is 10.1. The molecule has 1 fully saturated rings. The first-order chi connectivity index (χ1) is 15.0. The molecule has 7 nitrogen and oxygen atoms in total. The van der Waals surface area contributed by atoms with Crippen LogP contribution in [0.1, 0.15) is 31.4 Å². The van der Waals surface area contributed by atoms with Crippen LogP contribution in [0.4, 0.5) is 10.5 Å². The number of fused-ring (bicyclic) bond motifs is 1. The molecule has 160 valence electrons. The SMILES string of the molecule is CCCCN1C(=O)C(=O)N(CC(=O)N2c3ccccc3SC[C@@H]2c2ccccc2)C1=O. The van der Waals surface area contributed by atoms with Crippen molar-refractivity contribution >= 4 is 41.2 Å². The van der Waals surface area contributed by atoms with Gasteiger partial charge in [-0.15, -0.1) is 11.8 Å². The summed E-state index contributed by atoms with van der Waals surface area (Å²) >= 11 is 1.66. The molecule has 4 rings (SSSR count). The van der Waals surface area contributed by atoms with E-state index in [1.807, 2.05) is 61.5 Å². The second-order valence-electron chi connectivity index (χ2n) is 7.45. The number of hydrogen-bond acceptors (Lipinski definition) is 5. The highest BCUT2D eigenvalue weighted by Gasteiger charge is 2.46. The number of thioether (sulfide) groups is 1. The highest BCUT2D eigenvalue weighted by molar-refractivity contribution is 7.99. The molecule has 8 heteroatoms. The summed E-state index contributed by atoms with van der Waals surface area (Å²) in [5.41, 5.74) is 1.71. The molecule has 0 radical (unpaired) electrons. The summed E-state index contributed by atoms with van der Waals surface area (Å²) < 4.78 is 0. The van der Waals surface area contributed by atoms with Gasteiger partial charge in [-0.3, -0.25) is 19.3 Å². The lowest BCUT2D eigenvalue weighted by molar-refractivity contribution is -0.143. The molecule has 2 aliphatic rings. The molecule has 0 saturated carbocycles. The van der Waals surface area contributed by atoms with Gasteiger partial charge in [-0.05, 0) is 24.1 Å². The molecule has 1 atom stereocenters. The number of anilines is 1. The van der Waals surface area contributed by atoms with E-state index < -0.39 is 30.3 Å². The van der Waals surface area contributed by atoms with E-state index in [0.29, 0.717) is 12.2 Å². The lowest BCUT2D eigenvalue weighted by Gasteiger charge is -2.37. The van der Waals surface area contributed by atoms with Crippen LogP contribution in [-0.4, -0.2) is 52.4 Å². The monoisotopic (exact) mass is 437 g/mol. The predicted molar refractivity (Wildman–Crippen MR) is 118 cm³/mol. The molecule has 2 aromatic rings. The van der Waals surface area contributed by atoms with Crippen molar-refractivity contribution in [2.75, 3.05) is 23.7 Å². The van der Waals surface area contributed by atoms with E-state index in [9.17, 15) is 19.2 Å². The smallest absolute Gasteiger partial charge is 0.301 e. The molecule has 0 unspecified atom stereocenters. The van der Waals surface area contributed by atoms with Crippen LogP contribution >= 0.6 is 11.8 Å². The molecule has 0 aliphatic carbocycles. The third-order valence-electron chi connectivity index (χ3n) is 5.45. The Hall–Kier alpha value is -3.13. The number of nitrogens with zero attached hydrogens (tertiary/aromatic N) is 3. The molecule has 0 N–H and O–H groups in total. The standard InChI is InChI=1S/C23H23N3O4S/c1-2-3-13-24-21(28)22(29)25(23(24)30)14-20(27)26-17-11-7-8-12-19(17)31-15-18(26)16-9-5-4-6-10-16/h4-12,18H,2-3,13-15H2,1H3/t18-/m1/s1. The summed E-state index contributed by atoms with van der Waals surface area (Å²) in [4.78, 5) is 55.2. The minimum atomic E-state index is -0.939. The Labute approximate surface area is 185 Å². The van der Waals surface area contributed by atoms with Gasteiger partial charge in [0.25, 0.3) is 0 Å². The van der Waals surface area contributed by atoms with Crippen molar-refractivity contribution in [2.24, 2.45) is 0 Å².